The lowest BCUT2D eigenvalue weighted by atomic mass is 10.1. The number of anilines is 1. The molecule has 0 aliphatic carbocycles. The molecule has 0 aliphatic heterocycles. The second-order valence-electron chi connectivity index (χ2n) is 5.49. The molecule has 2 aromatic carbocycles. The summed E-state index contributed by atoms with van der Waals surface area (Å²) in [6.07, 6.45) is 1.98. The molecule has 2 rings (SSSR count). The quantitative estimate of drug-likeness (QED) is 0.678. The van der Waals surface area contributed by atoms with Gasteiger partial charge in [-0.15, -0.1) is 0 Å². The highest BCUT2D eigenvalue weighted by Crippen LogP contribution is 2.24. The Kier molecular flexibility index (Phi) is 7.01. The number of benzene rings is 2. The van der Waals surface area contributed by atoms with Crippen molar-refractivity contribution in [3.63, 3.8) is 0 Å². The van der Waals surface area contributed by atoms with E-state index in [0.29, 0.717) is 29.1 Å². The smallest absolute Gasteiger partial charge is 0.259 e. The van der Waals surface area contributed by atoms with Crippen molar-refractivity contribution < 1.29 is 14.3 Å². The molecule has 0 unspecified atom stereocenters. The fraction of sp³-hybridized carbons (Fsp3) is 0.263. The number of rotatable bonds is 7. The molecule has 0 radical (unpaired) electrons. The van der Waals surface area contributed by atoms with Gasteiger partial charge in [-0.05, 0) is 48.9 Å². The summed E-state index contributed by atoms with van der Waals surface area (Å²) in [6, 6.07) is 12.0. The fourth-order valence-corrected chi connectivity index (χ4v) is 2.60. The van der Waals surface area contributed by atoms with Crippen LogP contribution < -0.4 is 15.4 Å². The van der Waals surface area contributed by atoms with Crippen molar-refractivity contribution >= 4 is 33.4 Å². The lowest BCUT2D eigenvalue weighted by Crippen LogP contribution is -2.24. The summed E-state index contributed by atoms with van der Waals surface area (Å²) >= 11 is 3.35. The lowest BCUT2D eigenvalue weighted by Gasteiger charge is -2.10. The predicted molar refractivity (Wildman–Crippen MR) is 102 cm³/mol. The third-order valence-electron chi connectivity index (χ3n) is 3.63. The van der Waals surface area contributed by atoms with Gasteiger partial charge >= 0.3 is 0 Å². The largest absolute Gasteiger partial charge is 0.496 e. The van der Waals surface area contributed by atoms with Gasteiger partial charge in [0.2, 0.25) is 0 Å². The maximum Gasteiger partial charge on any atom is 0.259 e. The lowest BCUT2D eigenvalue weighted by molar-refractivity contribution is 0.0952. The van der Waals surface area contributed by atoms with E-state index in [1.807, 2.05) is 6.07 Å². The van der Waals surface area contributed by atoms with Gasteiger partial charge < -0.3 is 15.4 Å². The maximum absolute atomic E-state index is 12.4. The van der Waals surface area contributed by atoms with Crippen LogP contribution in [-0.4, -0.2) is 25.5 Å². The van der Waals surface area contributed by atoms with E-state index in [1.165, 1.54) is 7.11 Å². The van der Waals surface area contributed by atoms with Crippen LogP contribution >= 0.6 is 15.9 Å². The summed E-state index contributed by atoms with van der Waals surface area (Å²) in [4.78, 5) is 24.4. The first-order chi connectivity index (χ1) is 12.0. The van der Waals surface area contributed by atoms with Gasteiger partial charge in [0.25, 0.3) is 11.8 Å². The zero-order valence-electron chi connectivity index (χ0n) is 14.3. The molecule has 0 aromatic heterocycles. The Morgan fingerprint density at radius 1 is 1.08 bits per heavy atom. The van der Waals surface area contributed by atoms with Crippen molar-refractivity contribution in [1.29, 1.82) is 0 Å². The number of halogens is 1. The standard InChI is InChI=1S/C19H21BrN2O3/c1-3-4-11-21-18(23)13-5-8-15(9-6-13)22-19(24)16-12-14(20)7-10-17(16)25-2/h5-10,12H,3-4,11H2,1-2H3,(H,21,23)(H,22,24). The fourth-order valence-electron chi connectivity index (χ4n) is 2.24. The van der Waals surface area contributed by atoms with E-state index in [-0.39, 0.29) is 11.8 Å². The van der Waals surface area contributed by atoms with Crippen molar-refractivity contribution in [2.24, 2.45) is 0 Å². The summed E-state index contributed by atoms with van der Waals surface area (Å²) in [6.45, 7) is 2.74. The topological polar surface area (TPSA) is 67.4 Å². The average molecular weight is 405 g/mol. The third-order valence-corrected chi connectivity index (χ3v) is 4.12. The monoisotopic (exact) mass is 404 g/mol. The first-order valence-electron chi connectivity index (χ1n) is 8.08. The molecule has 0 bridgehead atoms. The number of carbonyl (C=O) groups excluding carboxylic acids is 2. The van der Waals surface area contributed by atoms with Gasteiger partial charge in [-0.2, -0.15) is 0 Å². The molecule has 2 aromatic rings. The Hall–Kier alpha value is -2.34. The predicted octanol–water partition coefficient (Wildman–Crippen LogP) is 4.24. The summed E-state index contributed by atoms with van der Waals surface area (Å²) in [5.41, 5.74) is 1.60. The van der Waals surface area contributed by atoms with Crippen LogP contribution in [0.25, 0.3) is 0 Å². The number of methoxy groups -OCH3 is 1. The summed E-state index contributed by atoms with van der Waals surface area (Å²) in [7, 11) is 1.52. The summed E-state index contributed by atoms with van der Waals surface area (Å²) in [5.74, 6) is 0.103. The van der Waals surface area contributed by atoms with E-state index in [2.05, 4.69) is 33.5 Å². The molecule has 0 saturated heterocycles. The van der Waals surface area contributed by atoms with E-state index in [9.17, 15) is 9.59 Å². The summed E-state index contributed by atoms with van der Waals surface area (Å²) < 4.78 is 6.01. The molecular weight excluding hydrogens is 384 g/mol. The van der Waals surface area contributed by atoms with Crippen molar-refractivity contribution in [1.82, 2.24) is 5.32 Å². The second kappa shape index (κ2) is 9.22. The Morgan fingerprint density at radius 2 is 1.80 bits per heavy atom. The number of unbranched alkanes of at least 4 members (excludes halogenated alkanes) is 1. The molecule has 2 amide bonds. The van der Waals surface area contributed by atoms with Gasteiger partial charge in [0.05, 0.1) is 12.7 Å². The zero-order valence-corrected chi connectivity index (χ0v) is 15.9. The highest BCUT2D eigenvalue weighted by Gasteiger charge is 2.13. The van der Waals surface area contributed by atoms with Crippen molar-refractivity contribution in [2.45, 2.75) is 19.8 Å². The van der Waals surface area contributed by atoms with Gasteiger partial charge in [-0.3, -0.25) is 9.59 Å². The second-order valence-corrected chi connectivity index (χ2v) is 6.40. The molecule has 0 spiro atoms. The Balaban J connectivity index is 2.05. The van der Waals surface area contributed by atoms with Gasteiger partial charge in [0.15, 0.2) is 0 Å². The number of hydrogen-bond acceptors (Lipinski definition) is 3. The van der Waals surface area contributed by atoms with E-state index >= 15 is 0 Å². The van der Waals surface area contributed by atoms with Crippen molar-refractivity contribution in [2.75, 3.05) is 19.0 Å². The molecule has 0 saturated carbocycles. The van der Waals surface area contributed by atoms with E-state index in [0.717, 1.165) is 17.3 Å². The molecule has 132 valence electrons. The van der Waals surface area contributed by atoms with Gasteiger partial charge in [-0.1, -0.05) is 29.3 Å². The highest BCUT2D eigenvalue weighted by molar-refractivity contribution is 9.10. The molecule has 6 heteroatoms. The van der Waals surface area contributed by atoms with Crippen LogP contribution in [0.1, 0.15) is 40.5 Å². The van der Waals surface area contributed by atoms with Crippen LogP contribution in [0.3, 0.4) is 0 Å². The molecule has 0 fully saturated rings. The van der Waals surface area contributed by atoms with Crippen LogP contribution in [0.5, 0.6) is 5.75 Å². The van der Waals surface area contributed by atoms with Crippen molar-refractivity contribution in [3.05, 3.63) is 58.1 Å². The maximum atomic E-state index is 12.4. The summed E-state index contributed by atoms with van der Waals surface area (Å²) in [5, 5.41) is 5.67. The van der Waals surface area contributed by atoms with Crippen LogP contribution in [0.2, 0.25) is 0 Å². The Labute approximate surface area is 155 Å². The van der Waals surface area contributed by atoms with Gasteiger partial charge in [0, 0.05) is 22.3 Å². The minimum absolute atomic E-state index is 0.111. The van der Waals surface area contributed by atoms with Crippen molar-refractivity contribution in [3.8, 4) is 5.75 Å². The molecule has 2 N–H and O–H groups in total. The number of nitrogens with one attached hydrogen (secondary N) is 2. The Morgan fingerprint density at radius 3 is 2.44 bits per heavy atom. The first-order valence-corrected chi connectivity index (χ1v) is 8.87. The minimum atomic E-state index is -0.279. The van der Waals surface area contributed by atoms with Crippen LogP contribution in [0, 0.1) is 0 Å². The Bertz CT molecular complexity index is 745. The van der Waals surface area contributed by atoms with Crippen LogP contribution in [0.15, 0.2) is 46.9 Å². The number of amides is 2. The van der Waals surface area contributed by atoms with E-state index < -0.39 is 0 Å². The molecule has 0 aliphatic rings. The first kappa shape index (κ1) is 19.0. The molecular formula is C19H21BrN2O3. The SMILES string of the molecule is CCCCNC(=O)c1ccc(NC(=O)c2cc(Br)ccc2OC)cc1. The van der Waals surface area contributed by atoms with Gasteiger partial charge in [-0.25, -0.2) is 0 Å². The number of ether oxygens (including phenoxy) is 1. The van der Waals surface area contributed by atoms with Crippen LogP contribution in [-0.2, 0) is 0 Å². The molecule has 25 heavy (non-hydrogen) atoms. The third kappa shape index (κ3) is 5.32. The molecule has 5 nitrogen and oxygen atoms in total. The molecule has 0 atom stereocenters. The minimum Gasteiger partial charge on any atom is -0.496 e. The van der Waals surface area contributed by atoms with E-state index in [1.54, 1.807) is 36.4 Å². The highest BCUT2D eigenvalue weighted by atomic mass is 79.9. The van der Waals surface area contributed by atoms with Crippen LogP contribution in [0.4, 0.5) is 5.69 Å². The number of hydrogen-bond donors (Lipinski definition) is 2. The average Bonchev–Trinajstić information content (AvgIpc) is 2.62. The van der Waals surface area contributed by atoms with Gasteiger partial charge in [0.1, 0.15) is 5.75 Å². The molecule has 0 heterocycles. The number of carbonyl (C=O) groups is 2. The van der Waals surface area contributed by atoms with E-state index in [4.69, 9.17) is 4.74 Å². The zero-order chi connectivity index (χ0) is 18.2. The normalized spacial score (nSPS) is 10.2.